The van der Waals surface area contributed by atoms with Crippen LogP contribution in [0.5, 0.6) is 0 Å². The third-order valence-electron chi connectivity index (χ3n) is 1.80. The maximum atomic E-state index is 10.9. The Hall–Kier alpha value is -1.94. The molecule has 2 N–H and O–H groups in total. The highest BCUT2D eigenvalue weighted by molar-refractivity contribution is 7.16. The molecular weight excluding hydrogens is 288 g/mol. The van der Waals surface area contributed by atoms with E-state index in [0.717, 1.165) is 0 Å². The van der Waals surface area contributed by atoms with E-state index < -0.39 is 0 Å². The van der Waals surface area contributed by atoms with Crippen LogP contribution in [0.15, 0.2) is 0 Å². The average molecular weight is 298 g/mol. The van der Waals surface area contributed by atoms with Crippen LogP contribution >= 0.6 is 22.7 Å². The standard InChI is InChI=1S/C9H10N6O2S2/c1-4(16)10-8-14-12-6(18-8)3-7-13-15-9(19-7)11-5(2)17/h3H2,1-2H3,(H,10,14,16)(H,11,15,17). The summed E-state index contributed by atoms with van der Waals surface area (Å²) in [6, 6.07) is 0. The normalized spacial score (nSPS) is 10.2. The van der Waals surface area contributed by atoms with E-state index in [4.69, 9.17) is 0 Å². The van der Waals surface area contributed by atoms with E-state index in [-0.39, 0.29) is 11.8 Å². The molecule has 0 aliphatic rings. The first-order valence-electron chi connectivity index (χ1n) is 5.23. The van der Waals surface area contributed by atoms with Gasteiger partial charge in [0.2, 0.25) is 22.1 Å². The summed E-state index contributed by atoms with van der Waals surface area (Å²) in [4.78, 5) is 21.7. The average Bonchev–Trinajstić information content (AvgIpc) is 2.88. The fraction of sp³-hybridized carbons (Fsp3) is 0.333. The minimum atomic E-state index is -0.188. The molecule has 0 fully saturated rings. The molecule has 19 heavy (non-hydrogen) atoms. The summed E-state index contributed by atoms with van der Waals surface area (Å²) in [7, 11) is 0. The molecule has 2 heterocycles. The van der Waals surface area contributed by atoms with E-state index >= 15 is 0 Å². The number of nitrogens with zero attached hydrogens (tertiary/aromatic N) is 4. The SMILES string of the molecule is CC(=O)Nc1nnc(Cc2nnc(NC(C)=O)s2)s1. The molecule has 2 rings (SSSR count). The number of aromatic nitrogens is 4. The van der Waals surface area contributed by atoms with Crippen LogP contribution in [0.2, 0.25) is 0 Å². The molecule has 0 radical (unpaired) electrons. The second-order valence-corrected chi connectivity index (χ2v) is 5.67. The molecule has 0 aliphatic heterocycles. The lowest BCUT2D eigenvalue weighted by Gasteiger charge is -1.91. The summed E-state index contributed by atoms with van der Waals surface area (Å²) < 4.78 is 0. The second kappa shape index (κ2) is 5.80. The lowest BCUT2D eigenvalue weighted by Crippen LogP contribution is -2.04. The van der Waals surface area contributed by atoms with Gasteiger partial charge in [0, 0.05) is 13.8 Å². The molecule has 0 saturated carbocycles. The van der Waals surface area contributed by atoms with Crippen molar-refractivity contribution in [2.45, 2.75) is 20.3 Å². The molecule has 0 saturated heterocycles. The summed E-state index contributed by atoms with van der Waals surface area (Å²) in [5, 5.41) is 23.0. The van der Waals surface area contributed by atoms with E-state index in [1.807, 2.05) is 0 Å². The molecule has 0 aromatic carbocycles. The Morgan fingerprint density at radius 1 is 0.895 bits per heavy atom. The van der Waals surface area contributed by atoms with Crippen molar-refractivity contribution in [1.82, 2.24) is 20.4 Å². The van der Waals surface area contributed by atoms with Crippen LogP contribution in [0.1, 0.15) is 23.9 Å². The van der Waals surface area contributed by atoms with Gasteiger partial charge < -0.3 is 10.6 Å². The Morgan fingerprint density at radius 3 is 1.68 bits per heavy atom. The van der Waals surface area contributed by atoms with Crippen molar-refractivity contribution in [2.24, 2.45) is 0 Å². The van der Waals surface area contributed by atoms with Gasteiger partial charge in [-0.25, -0.2) is 0 Å². The van der Waals surface area contributed by atoms with Gasteiger partial charge in [-0.15, -0.1) is 20.4 Å². The quantitative estimate of drug-likeness (QED) is 0.867. The monoisotopic (exact) mass is 298 g/mol. The van der Waals surface area contributed by atoms with Gasteiger partial charge in [0.1, 0.15) is 10.0 Å². The summed E-state index contributed by atoms with van der Waals surface area (Å²) in [6.45, 7) is 2.82. The summed E-state index contributed by atoms with van der Waals surface area (Å²) in [5.74, 6) is -0.377. The van der Waals surface area contributed by atoms with Gasteiger partial charge >= 0.3 is 0 Å². The second-order valence-electron chi connectivity index (χ2n) is 3.54. The number of nitrogens with one attached hydrogen (secondary N) is 2. The molecule has 2 aromatic rings. The molecule has 0 spiro atoms. The highest BCUT2D eigenvalue weighted by Crippen LogP contribution is 2.22. The molecule has 10 heteroatoms. The van der Waals surface area contributed by atoms with Crippen molar-refractivity contribution in [1.29, 1.82) is 0 Å². The predicted octanol–water partition coefficient (Wildman–Crippen LogP) is 0.897. The molecule has 8 nitrogen and oxygen atoms in total. The third kappa shape index (κ3) is 4.03. The lowest BCUT2D eigenvalue weighted by molar-refractivity contribution is -0.115. The maximum absolute atomic E-state index is 10.9. The van der Waals surface area contributed by atoms with Crippen molar-refractivity contribution >= 4 is 44.8 Å². The number of anilines is 2. The van der Waals surface area contributed by atoms with E-state index in [1.54, 1.807) is 0 Å². The Balaban J connectivity index is 2.00. The topological polar surface area (TPSA) is 110 Å². The van der Waals surface area contributed by atoms with E-state index in [2.05, 4.69) is 31.0 Å². The van der Waals surface area contributed by atoms with Crippen LogP contribution in [0.3, 0.4) is 0 Å². The zero-order chi connectivity index (χ0) is 13.8. The van der Waals surface area contributed by atoms with E-state index in [9.17, 15) is 9.59 Å². The minimum Gasteiger partial charge on any atom is -0.301 e. The molecule has 0 bridgehead atoms. The smallest absolute Gasteiger partial charge is 0.223 e. The van der Waals surface area contributed by atoms with Crippen LogP contribution in [0.25, 0.3) is 0 Å². The van der Waals surface area contributed by atoms with Crippen LogP contribution in [-0.2, 0) is 16.0 Å². The number of amides is 2. The zero-order valence-corrected chi connectivity index (χ0v) is 11.8. The highest BCUT2D eigenvalue weighted by atomic mass is 32.1. The van der Waals surface area contributed by atoms with E-state index in [1.165, 1.54) is 36.5 Å². The summed E-state index contributed by atoms with van der Waals surface area (Å²) in [5.41, 5.74) is 0. The van der Waals surface area contributed by atoms with Gasteiger partial charge in [-0.2, -0.15) is 0 Å². The molecule has 0 aliphatic carbocycles. The summed E-state index contributed by atoms with van der Waals surface area (Å²) >= 11 is 2.55. The van der Waals surface area contributed by atoms with Crippen LogP contribution in [0, 0.1) is 0 Å². The molecule has 0 atom stereocenters. The van der Waals surface area contributed by atoms with Gasteiger partial charge in [0.25, 0.3) is 0 Å². The zero-order valence-electron chi connectivity index (χ0n) is 10.1. The van der Waals surface area contributed by atoms with Gasteiger partial charge in [-0.05, 0) is 0 Å². The van der Waals surface area contributed by atoms with Crippen molar-refractivity contribution in [3.63, 3.8) is 0 Å². The largest absolute Gasteiger partial charge is 0.301 e. The molecule has 2 aromatic heterocycles. The molecule has 2 amide bonds. The number of carbonyl (C=O) groups is 2. The first kappa shape index (κ1) is 13.5. The first-order valence-corrected chi connectivity index (χ1v) is 6.86. The minimum absolute atomic E-state index is 0.188. The fourth-order valence-electron chi connectivity index (χ4n) is 1.18. The number of hydrogen-bond acceptors (Lipinski definition) is 8. The number of carbonyl (C=O) groups excluding carboxylic acids is 2. The highest BCUT2D eigenvalue weighted by Gasteiger charge is 2.10. The van der Waals surface area contributed by atoms with Crippen LogP contribution in [0.4, 0.5) is 10.3 Å². The Kier molecular flexibility index (Phi) is 4.12. The van der Waals surface area contributed by atoms with Crippen molar-refractivity contribution in [3.05, 3.63) is 10.0 Å². The van der Waals surface area contributed by atoms with Gasteiger partial charge in [-0.1, -0.05) is 22.7 Å². The lowest BCUT2D eigenvalue weighted by atomic mass is 10.5. The Morgan fingerprint density at radius 2 is 1.32 bits per heavy atom. The molecule has 0 unspecified atom stereocenters. The first-order chi connectivity index (χ1) is 9.02. The van der Waals surface area contributed by atoms with Gasteiger partial charge in [0.15, 0.2) is 0 Å². The van der Waals surface area contributed by atoms with Crippen molar-refractivity contribution < 1.29 is 9.59 Å². The number of rotatable bonds is 4. The maximum Gasteiger partial charge on any atom is 0.223 e. The third-order valence-corrected chi connectivity index (χ3v) is 3.48. The molecule has 100 valence electrons. The predicted molar refractivity (Wildman–Crippen MR) is 71.2 cm³/mol. The van der Waals surface area contributed by atoms with Crippen molar-refractivity contribution in [2.75, 3.05) is 10.6 Å². The van der Waals surface area contributed by atoms with Gasteiger partial charge in [-0.3, -0.25) is 9.59 Å². The van der Waals surface area contributed by atoms with Crippen LogP contribution in [-0.4, -0.2) is 32.2 Å². The van der Waals surface area contributed by atoms with E-state index in [0.29, 0.717) is 26.7 Å². The Labute approximate surface area is 116 Å². The van der Waals surface area contributed by atoms with Crippen LogP contribution < -0.4 is 10.6 Å². The van der Waals surface area contributed by atoms with Crippen molar-refractivity contribution in [3.8, 4) is 0 Å². The number of hydrogen-bond donors (Lipinski definition) is 2. The Bertz CT molecular complexity index is 555. The fourth-order valence-corrected chi connectivity index (χ4v) is 2.85. The van der Waals surface area contributed by atoms with Gasteiger partial charge in [0.05, 0.1) is 6.42 Å². The molecular formula is C9H10N6O2S2. The summed E-state index contributed by atoms with van der Waals surface area (Å²) in [6.07, 6.45) is 0.467.